The molecule has 0 radical (unpaired) electrons. The van der Waals surface area contributed by atoms with Gasteiger partial charge in [0, 0.05) is 19.6 Å². The van der Waals surface area contributed by atoms with Gasteiger partial charge in [0.15, 0.2) is 0 Å². The van der Waals surface area contributed by atoms with Crippen molar-refractivity contribution in [2.75, 3.05) is 60.6 Å². The van der Waals surface area contributed by atoms with Gasteiger partial charge in [-0.3, -0.25) is 9.36 Å². The van der Waals surface area contributed by atoms with Gasteiger partial charge < -0.3 is 33.2 Å². The first-order chi connectivity index (χ1) is 31.1. The minimum atomic E-state index is -4.43. The number of benzene rings is 1. The van der Waals surface area contributed by atoms with Crippen LogP contribution in [-0.2, 0) is 34.5 Å². The van der Waals surface area contributed by atoms with Crippen molar-refractivity contribution >= 4 is 13.8 Å². The lowest BCUT2D eigenvalue weighted by Gasteiger charge is -2.30. The number of phosphoric acid groups is 1. The third-order valence-electron chi connectivity index (χ3n) is 12.3. The van der Waals surface area contributed by atoms with Crippen LogP contribution < -0.4 is 10.2 Å². The molecule has 1 N–H and O–H groups in total. The molecule has 1 aromatic rings. The number of nitrogens with one attached hydrogen (secondary N) is 1. The van der Waals surface area contributed by atoms with Gasteiger partial charge in [-0.15, -0.1) is 0 Å². The molecule has 64 heavy (non-hydrogen) atoms. The molecular formula is C54H103N2O7P. The number of phosphoric ester groups is 1. The van der Waals surface area contributed by atoms with Gasteiger partial charge in [-0.05, 0) is 31.4 Å². The number of carbonyl (C=O) groups is 1. The molecule has 0 aromatic heterocycles. The van der Waals surface area contributed by atoms with E-state index in [1.165, 1.54) is 186 Å². The summed E-state index contributed by atoms with van der Waals surface area (Å²) in [6, 6.07) is 9.87. The number of hydrogen-bond donors (Lipinski definition) is 1. The quantitative estimate of drug-likeness (QED) is 0.0298. The Labute approximate surface area is 395 Å². The number of unbranched alkanes of at least 4 members (excludes halogenated alkanes) is 32. The Balaban J connectivity index is 2.02. The van der Waals surface area contributed by atoms with Gasteiger partial charge in [-0.25, -0.2) is 0 Å². The number of hydrogen-bond acceptors (Lipinski definition) is 8. The molecule has 0 amide bonds. The molecule has 0 heterocycles. The van der Waals surface area contributed by atoms with Crippen molar-refractivity contribution in [3.63, 3.8) is 0 Å². The van der Waals surface area contributed by atoms with Gasteiger partial charge >= 0.3 is 5.97 Å². The second-order valence-electron chi connectivity index (χ2n) is 19.9. The maximum absolute atomic E-state index is 12.7. The summed E-state index contributed by atoms with van der Waals surface area (Å²) in [4.78, 5) is 24.6. The van der Waals surface area contributed by atoms with Crippen LogP contribution in [0.15, 0.2) is 30.3 Å². The zero-order valence-corrected chi connectivity index (χ0v) is 43.3. The van der Waals surface area contributed by atoms with Crippen molar-refractivity contribution in [3.05, 3.63) is 35.9 Å². The smallest absolute Gasteiger partial charge is 0.306 e. The lowest BCUT2D eigenvalue weighted by atomic mass is 10.0. The zero-order valence-electron chi connectivity index (χ0n) is 42.4. The topological polar surface area (TPSA) is 106 Å². The number of nitrogens with zero attached hydrogens (tertiary/aromatic N) is 1. The standard InChI is InChI=1S/C54H103N2O7P/c1-5-6-7-8-9-10-11-12-13-14-17-20-23-26-29-32-35-41-47-60-51-53(63-64(58,59)62-48-46-56(2,3)4)49-55-45-40-34-31-28-25-22-19-16-15-18-21-24-27-30-33-39-44-54(57)61-50-52-42-37-36-38-43-52/h36-38,42-43,53,55H,5-35,39-41,44-51H2,1-4H3. The van der Waals surface area contributed by atoms with Crippen LogP contribution in [0.1, 0.15) is 237 Å². The first-order valence-corrected chi connectivity index (χ1v) is 28.5. The van der Waals surface area contributed by atoms with Gasteiger partial charge in [0.1, 0.15) is 25.9 Å². The van der Waals surface area contributed by atoms with Crippen molar-refractivity contribution in [2.24, 2.45) is 0 Å². The average Bonchev–Trinajstić information content (AvgIpc) is 3.26. The lowest BCUT2D eigenvalue weighted by molar-refractivity contribution is -0.870. The number of esters is 1. The maximum Gasteiger partial charge on any atom is 0.306 e. The normalized spacial score (nSPS) is 13.3. The van der Waals surface area contributed by atoms with Gasteiger partial charge in [0.25, 0.3) is 7.82 Å². The van der Waals surface area contributed by atoms with E-state index in [0.29, 0.717) is 37.2 Å². The molecular weight excluding hydrogens is 820 g/mol. The fourth-order valence-electron chi connectivity index (χ4n) is 8.15. The number of carbonyl (C=O) groups excluding carboxylic acids is 1. The van der Waals surface area contributed by atoms with E-state index in [2.05, 4.69) is 12.2 Å². The summed E-state index contributed by atoms with van der Waals surface area (Å²) in [5, 5.41) is 3.43. The van der Waals surface area contributed by atoms with E-state index < -0.39 is 13.9 Å². The molecule has 376 valence electrons. The van der Waals surface area contributed by atoms with Gasteiger partial charge in [0.2, 0.25) is 0 Å². The molecule has 10 heteroatoms. The van der Waals surface area contributed by atoms with Crippen LogP contribution in [0, 0.1) is 0 Å². The van der Waals surface area contributed by atoms with Crippen molar-refractivity contribution in [1.29, 1.82) is 0 Å². The molecule has 1 rings (SSSR count). The number of rotatable bonds is 50. The highest BCUT2D eigenvalue weighted by Gasteiger charge is 2.20. The highest BCUT2D eigenvalue weighted by atomic mass is 31.2. The Morgan fingerprint density at radius 2 is 1.02 bits per heavy atom. The predicted octanol–water partition coefficient (Wildman–Crippen LogP) is 14.6. The van der Waals surface area contributed by atoms with Crippen LogP contribution in [0.2, 0.25) is 0 Å². The Morgan fingerprint density at radius 1 is 0.594 bits per heavy atom. The summed E-state index contributed by atoms with van der Waals surface area (Å²) < 4.78 is 35.4. The Morgan fingerprint density at radius 3 is 1.47 bits per heavy atom. The van der Waals surface area contributed by atoms with Crippen molar-refractivity contribution in [1.82, 2.24) is 5.32 Å². The number of ether oxygens (including phenoxy) is 2. The fourth-order valence-corrected chi connectivity index (χ4v) is 9.02. The Bertz CT molecular complexity index is 1180. The molecule has 0 aliphatic carbocycles. The van der Waals surface area contributed by atoms with E-state index >= 15 is 0 Å². The molecule has 2 unspecified atom stereocenters. The minimum absolute atomic E-state index is 0.0831. The molecule has 0 fully saturated rings. The van der Waals surface area contributed by atoms with E-state index in [0.717, 1.165) is 44.2 Å². The Kier molecular flexibility index (Phi) is 41.9. The summed E-state index contributed by atoms with van der Waals surface area (Å²) in [5.41, 5.74) is 1.04. The van der Waals surface area contributed by atoms with Crippen LogP contribution >= 0.6 is 7.82 Å². The molecule has 1 aromatic carbocycles. The molecule has 0 spiro atoms. The zero-order chi connectivity index (χ0) is 46.5. The fraction of sp³-hybridized carbons (Fsp3) is 0.870. The first-order valence-electron chi connectivity index (χ1n) is 27.0. The largest absolute Gasteiger partial charge is 0.756 e. The lowest BCUT2D eigenvalue weighted by Crippen LogP contribution is -2.38. The van der Waals surface area contributed by atoms with E-state index in [9.17, 15) is 14.3 Å². The van der Waals surface area contributed by atoms with Crippen LogP contribution in [0.5, 0.6) is 0 Å². The van der Waals surface area contributed by atoms with E-state index in [1.54, 1.807) is 0 Å². The second kappa shape index (κ2) is 44.2. The molecule has 9 nitrogen and oxygen atoms in total. The predicted molar refractivity (Wildman–Crippen MR) is 269 cm³/mol. The monoisotopic (exact) mass is 923 g/mol. The maximum atomic E-state index is 12.7. The van der Waals surface area contributed by atoms with Crippen molar-refractivity contribution in [3.8, 4) is 0 Å². The molecule has 0 saturated heterocycles. The highest BCUT2D eigenvalue weighted by Crippen LogP contribution is 2.39. The summed E-state index contributed by atoms with van der Waals surface area (Å²) in [6.45, 7) is 5.49. The molecule has 0 bridgehead atoms. The van der Waals surface area contributed by atoms with Crippen LogP contribution in [-0.4, -0.2) is 77.2 Å². The van der Waals surface area contributed by atoms with E-state index in [1.807, 2.05) is 51.5 Å². The summed E-state index contributed by atoms with van der Waals surface area (Å²) in [5.74, 6) is -0.0831. The minimum Gasteiger partial charge on any atom is -0.756 e. The first kappa shape index (κ1) is 60.7. The van der Waals surface area contributed by atoms with Gasteiger partial charge in [0.05, 0.1) is 27.7 Å². The summed E-state index contributed by atoms with van der Waals surface area (Å²) in [7, 11) is 1.59. The third-order valence-corrected chi connectivity index (χ3v) is 13.4. The second-order valence-corrected chi connectivity index (χ2v) is 21.2. The average molecular weight is 923 g/mol. The number of likely N-dealkylation sites (N-methyl/N-ethyl adjacent to an activating group) is 1. The van der Waals surface area contributed by atoms with Gasteiger partial charge in [-0.2, -0.15) is 0 Å². The van der Waals surface area contributed by atoms with Crippen LogP contribution in [0.25, 0.3) is 0 Å². The van der Waals surface area contributed by atoms with Crippen LogP contribution in [0.4, 0.5) is 0 Å². The van der Waals surface area contributed by atoms with Crippen LogP contribution in [0.3, 0.4) is 0 Å². The van der Waals surface area contributed by atoms with Crippen molar-refractivity contribution in [2.45, 2.75) is 244 Å². The SMILES string of the molecule is CCCCCCCCCCCCCCCCCCCCOCC(CNCCCCCCCCCCCCCCCCCCC(=O)OCc1ccccc1)OP(=O)([O-])OCC[N+](C)(C)C. The molecule has 0 saturated carbocycles. The molecule has 0 aliphatic rings. The van der Waals surface area contributed by atoms with E-state index in [4.69, 9.17) is 18.5 Å². The third kappa shape index (κ3) is 44.5. The van der Waals surface area contributed by atoms with Crippen molar-refractivity contribution < 1.29 is 37.3 Å². The number of quaternary nitrogens is 1. The molecule has 2 atom stereocenters. The highest BCUT2D eigenvalue weighted by molar-refractivity contribution is 7.45. The molecule has 0 aliphatic heterocycles. The summed E-state index contributed by atoms with van der Waals surface area (Å²) >= 11 is 0. The van der Waals surface area contributed by atoms with Gasteiger partial charge in [-0.1, -0.05) is 236 Å². The summed E-state index contributed by atoms with van der Waals surface area (Å²) in [6.07, 6.45) is 44.2. The Hall–Kier alpha value is -1.32. The van der Waals surface area contributed by atoms with E-state index in [-0.39, 0.29) is 19.2 Å².